The van der Waals surface area contributed by atoms with Gasteiger partial charge in [0.25, 0.3) is 0 Å². The van der Waals surface area contributed by atoms with Crippen molar-refractivity contribution < 1.29 is 26.3 Å². The van der Waals surface area contributed by atoms with E-state index in [2.05, 4.69) is 16.6 Å². The fourth-order valence-corrected chi connectivity index (χ4v) is 0.884. The predicted octanol–water partition coefficient (Wildman–Crippen LogP) is 3.94. The van der Waals surface area contributed by atoms with Crippen LogP contribution >= 0.6 is 11.6 Å². The summed E-state index contributed by atoms with van der Waals surface area (Å²) in [5.74, 6) is -4.61. The van der Waals surface area contributed by atoms with Gasteiger partial charge in [-0.2, -0.15) is 13.2 Å². The summed E-state index contributed by atoms with van der Waals surface area (Å²) in [5.41, 5.74) is -1.15. The van der Waals surface area contributed by atoms with Gasteiger partial charge in [-0.3, -0.25) is 0 Å². The molecular weight excluding hydrogens is 260 g/mol. The topological polar surface area (TPSA) is 12.4 Å². The highest BCUT2D eigenvalue weighted by molar-refractivity contribution is 6.67. The molecule has 0 aliphatic heterocycles. The molecule has 0 amide bonds. The number of hydrogen-bond donors (Lipinski definition) is 0. The molecule has 0 N–H and O–H groups in total. The van der Waals surface area contributed by atoms with Crippen LogP contribution in [0.15, 0.2) is 17.1 Å². The number of benzene rings is 1. The monoisotopic (exact) mass is 261 g/mol. The Morgan fingerprint density at radius 3 is 2.19 bits per heavy atom. The van der Waals surface area contributed by atoms with E-state index in [1.807, 2.05) is 0 Å². The van der Waals surface area contributed by atoms with E-state index >= 15 is 0 Å². The minimum atomic E-state index is -5.00. The van der Waals surface area contributed by atoms with E-state index in [0.29, 0.717) is 6.07 Å². The maximum atomic E-state index is 12.9. The summed E-state index contributed by atoms with van der Waals surface area (Å²) in [4.78, 5) is 2.55. The van der Waals surface area contributed by atoms with Crippen LogP contribution in [0.3, 0.4) is 0 Å². The molecule has 0 atom stereocenters. The van der Waals surface area contributed by atoms with Gasteiger partial charge in [0.05, 0.1) is 0 Å². The van der Waals surface area contributed by atoms with Crippen molar-refractivity contribution in [2.24, 2.45) is 4.99 Å². The van der Waals surface area contributed by atoms with Crippen LogP contribution < -0.4 is 0 Å². The third-order valence-corrected chi connectivity index (χ3v) is 1.73. The first kappa shape index (κ1) is 12.8. The van der Waals surface area contributed by atoms with E-state index < -0.39 is 34.5 Å². The van der Waals surface area contributed by atoms with E-state index in [0.717, 1.165) is 0 Å². The standard InChI is InChI=1S/C8H2ClF6N/c9-7(8(13,14)15)16-5-2-3(10)1-4(11)6(5)12/h1-2H. The van der Waals surface area contributed by atoms with E-state index in [4.69, 9.17) is 0 Å². The predicted molar refractivity (Wildman–Crippen MR) is 45.3 cm³/mol. The van der Waals surface area contributed by atoms with Crippen LogP contribution in [0.4, 0.5) is 32.0 Å². The molecule has 16 heavy (non-hydrogen) atoms. The van der Waals surface area contributed by atoms with Crippen LogP contribution in [0.2, 0.25) is 0 Å². The van der Waals surface area contributed by atoms with Gasteiger partial charge in [0.1, 0.15) is 11.5 Å². The lowest BCUT2D eigenvalue weighted by molar-refractivity contribution is -0.0558. The van der Waals surface area contributed by atoms with Crippen molar-refractivity contribution in [3.8, 4) is 0 Å². The molecule has 8 heteroatoms. The zero-order valence-corrected chi connectivity index (χ0v) is 8.00. The Bertz CT molecular complexity index is 439. The van der Waals surface area contributed by atoms with Crippen LogP contribution in [-0.4, -0.2) is 11.3 Å². The van der Waals surface area contributed by atoms with Crippen molar-refractivity contribution in [1.82, 2.24) is 0 Å². The summed E-state index contributed by atoms with van der Waals surface area (Å²) < 4.78 is 73.7. The molecule has 0 bridgehead atoms. The first-order chi connectivity index (χ1) is 7.21. The number of aliphatic imine (C=N–C) groups is 1. The van der Waals surface area contributed by atoms with Crippen molar-refractivity contribution in [3.05, 3.63) is 29.6 Å². The van der Waals surface area contributed by atoms with E-state index in [1.54, 1.807) is 0 Å². The van der Waals surface area contributed by atoms with Crippen LogP contribution in [0.5, 0.6) is 0 Å². The highest BCUT2D eigenvalue weighted by Crippen LogP contribution is 2.27. The van der Waals surface area contributed by atoms with Crippen LogP contribution in [0, 0.1) is 17.5 Å². The lowest BCUT2D eigenvalue weighted by Gasteiger charge is -2.04. The fourth-order valence-electron chi connectivity index (χ4n) is 0.793. The highest BCUT2D eigenvalue weighted by Gasteiger charge is 2.34. The second-order valence-electron chi connectivity index (χ2n) is 2.62. The zero-order valence-electron chi connectivity index (χ0n) is 7.25. The normalized spacial score (nSPS) is 13.1. The summed E-state index contributed by atoms with van der Waals surface area (Å²) >= 11 is 4.68. The smallest absolute Gasteiger partial charge is 0.229 e. The number of alkyl halides is 3. The maximum absolute atomic E-state index is 12.9. The third-order valence-electron chi connectivity index (χ3n) is 1.43. The molecule has 0 aromatic heterocycles. The van der Waals surface area contributed by atoms with Crippen LogP contribution in [0.25, 0.3) is 0 Å². The van der Waals surface area contributed by atoms with E-state index in [-0.39, 0.29) is 6.07 Å². The van der Waals surface area contributed by atoms with Crippen LogP contribution in [-0.2, 0) is 0 Å². The van der Waals surface area contributed by atoms with Gasteiger partial charge in [-0.1, -0.05) is 11.6 Å². The Labute approximate surface area is 90.4 Å². The second-order valence-corrected chi connectivity index (χ2v) is 2.98. The quantitative estimate of drug-likeness (QED) is 0.412. The number of halogens is 7. The van der Waals surface area contributed by atoms with Gasteiger partial charge in [0.15, 0.2) is 11.6 Å². The molecule has 0 saturated heterocycles. The largest absolute Gasteiger partial charge is 0.444 e. The summed E-state index contributed by atoms with van der Waals surface area (Å²) in [6.07, 6.45) is -5.00. The molecular formula is C8H2ClF6N. The molecule has 0 spiro atoms. The Kier molecular flexibility index (Phi) is 3.47. The lowest BCUT2D eigenvalue weighted by Crippen LogP contribution is -2.16. The van der Waals surface area contributed by atoms with E-state index in [9.17, 15) is 26.3 Å². The minimum Gasteiger partial charge on any atom is -0.229 e. The van der Waals surface area contributed by atoms with Crippen molar-refractivity contribution in [2.75, 3.05) is 0 Å². The minimum absolute atomic E-state index is 0.176. The maximum Gasteiger partial charge on any atom is 0.444 e. The SMILES string of the molecule is Fc1cc(F)c(F)c(N=C(Cl)C(F)(F)F)c1. The second kappa shape index (κ2) is 4.32. The molecule has 0 aliphatic rings. The van der Waals surface area contributed by atoms with Crippen LogP contribution in [0.1, 0.15) is 0 Å². The van der Waals surface area contributed by atoms with Gasteiger partial charge in [-0.05, 0) is 0 Å². The van der Waals surface area contributed by atoms with Crippen molar-refractivity contribution >= 4 is 22.5 Å². The molecule has 0 heterocycles. The first-order valence-corrected chi connectivity index (χ1v) is 4.05. The molecule has 0 unspecified atom stereocenters. The van der Waals surface area contributed by atoms with Gasteiger partial charge in [0, 0.05) is 12.1 Å². The number of nitrogens with zero attached hydrogens (tertiary/aromatic N) is 1. The molecule has 0 radical (unpaired) electrons. The van der Waals surface area contributed by atoms with Gasteiger partial charge < -0.3 is 0 Å². The molecule has 1 aromatic rings. The van der Waals surface area contributed by atoms with Gasteiger partial charge in [-0.25, -0.2) is 18.2 Å². The summed E-state index contributed by atoms with van der Waals surface area (Å²) in [6, 6.07) is 0.475. The van der Waals surface area contributed by atoms with Crippen molar-refractivity contribution in [3.63, 3.8) is 0 Å². The molecule has 0 saturated carbocycles. The summed E-state index contributed by atoms with van der Waals surface area (Å²) in [5, 5.41) is -1.92. The third kappa shape index (κ3) is 2.88. The lowest BCUT2D eigenvalue weighted by atomic mass is 10.3. The first-order valence-electron chi connectivity index (χ1n) is 3.67. The van der Waals surface area contributed by atoms with Gasteiger partial charge >= 0.3 is 6.18 Å². The number of rotatable bonds is 1. The number of hydrogen-bond acceptors (Lipinski definition) is 1. The van der Waals surface area contributed by atoms with Crippen molar-refractivity contribution in [2.45, 2.75) is 6.18 Å². The molecule has 0 aliphatic carbocycles. The summed E-state index contributed by atoms with van der Waals surface area (Å²) in [6.45, 7) is 0. The Morgan fingerprint density at radius 1 is 1.12 bits per heavy atom. The Hall–Kier alpha value is -1.24. The fraction of sp³-hybridized carbons (Fsp3) is 0.125. The van der Waals surface area contributed by atoms with Gasteiger partial charge in [-0.15, -0.1) is 0 Å². The Balaban J connectivity index is 3.25. The Morgan fingerprint density at radius 2 is 1.69 bits per heavy atom. The molecule has 1 rings (SSSR count). The van der Waals surface area contributed by atoms with E-state index in [1.165, 1.54) is 0 Å². The molecule has 0 fully saturated rings. The average molecular weight is 262 g/mol. The average Bonchev–Trinajstić information content (AvgIpc) is 2.11. The molecule has 1 nitrogen and oxygen atoms in total. The summed E-state index contributed by atoms with van der Waals surface area (Å²) in [7, 11) is 0. The molecule has 88 valence electrons. The molecule has 1 aromatic carbocycles. The zero-order chi connectivity index (χ0) is 12.5. The highest BCUT2D eigenvalue weighted by atomic mass is 35.5. The van der Waals surface area contributed by atoms with Gasteiger partial charge in [0.2, 0.25) is 5.17 Å². The van der Waals surface area contributed by atoms with Crippen molar-refractivity contribution in [1.29, 1.82) is 0 Å².